The minimum absolute atomic E-state index is 0.713. The van der Waals surface area contributed by atoms with E-state index in [9.17, 15) is 4.79 Å². The normalized spacial score (nSPS) is 16.9. The highest BCUT2D eigenvalue weighted by atomic mass is 16.1. The number of nitrogens with one attached hydrogen (secondary N) is 1. The zero-order valence-electron chi connectivity index (χ0n) is 10.4. The van der Waals surface area contributed by atoms with E-state index < -0.39 is 0 Å². The molecule has 1 heterocycles. The summed E-state index contributed by atoms with van der Waals surface area (Å²) in [4.78, 5) is 15.1. The highest BCUT2D eigenvalue weighted by Gasteiger charge is 2.15. The average Bonchev–Trinajstić information content (AvgIpc) is 2.31. The molecule has 92 valence electrons. The molecule has 0 bridgehead atoms. The van der Waals surface area contributed by atoms with Gasteiger partial charge in [-0.05, 0) is 37.7 Å². The quantitative estimate of drug-likeness (QED) is 0.800. The van der Waals surface area contributed by atoms with Gasteiger partial charge in [-0.15, -0.1) is 0 Å². The lowest BCUT2D eigenvalue weighted by atomic mass is 10.1. The molecule has 4 heteroatoms. The fraction of sp³-hybridized carbons (Fsp3) is 0.462. The van der Waals surface area contributed by atoms with Crippen molar-refractivity contribution < 1.29 is 4.79 Å². The molecule has 1 fully saturated rings. The van der Waals surface area contributed by atoms with Crippen LogP contribution >= 0.6 is 0 Å². The standard InChI is InChI=1S/C13H19N3O/c1-11-9-12(14-10-17)3-4-13(11)16-7-5-15(2)6-8-16/h3-4,9-10H,5-8H2,1-2H3,(H,14,17). The largest absolute Gasteiger partial charge is 0.369 e. The summed E-state index contributed by atoms with van der Waals surface area (Å²) in [6.45, 7) is 6.43. The minimum Gasteiger partial charge on any atom is -0.369 e. The van der Waals surface area contributed by atoms with Gasteiger partial charge in [-0.3, -0.25) is 4.79 Å². The molecule has 0 unspecified atom stereocenters. The summed E-state index contributed by atoms with van der Waals surface area (Å²) in [6.07, 6.45) is 0.713. The van der Waals surface area contributed by atoms with Gasteiger partial charge in [0.25, 0.3) is 0 Å². The lowest BCUT2D eigenvalue weighted by Crippen LogP contribution is -2.44. The Kier molecular flexibility index (Phi) is 3.64. The van der Waals surface area contributed by atoms with Crippen molar-refractivity contribution in [3.8, 4) is 0 Å². The highest BCUT2D eigenvalue weighted by Crippen LogP contribution is 2.24. The van der Waals surface area contributed by atoms with E-state index in [0.717, 1.165) is 31.9 Å². The van der Waals surface area contributed by atoms with Crippen LogP contribution in [0, 0.1) is 6.92 Å². The van der Waals surface area contributed by atoms with Gasteiger partial charge in [-0.2, -0.15) is 0 Å². The molecular weight excluding hydrogens is 214 g/mol. The van der Waals surface area contributed by atoms with Crippen LogP contribution in [0.15, 0.2) is 18.2 Å². The molecule has 1 amide bonds. The second-order valence-electron chi connectivity index (χ2n) is 4.55. The molecule has 0 saturated carbocycles. The lowest BCUT2D eigenvalue weighted by Gasteiger charge is -2.35. The van der Waals surface area contributed by atoms with Crippen molar-refractivity contribution >= 4 is 17.8 Å². The fourth-order valence-electron chi connectivity index (χ4n) is 2.22. The van der Waals surface area contributed by atoms with Crippen molar-refractivity contribution in [1.82, 2.24) is 4.90 Å². The van der Waals surface area contributed by atoms with Gasteiger partial charge in [0.1, 0.15) is 0 Å². The first-order chi connectivity index (χ1) is 8.20. The Morgan fingerprint density at radius 3 is 2.53 bits per heavy atom. The number of carbonyl (C=O) groups excluding carboxylic acids is 1. The first-order valence-corrected chi connectivity index (χ1v) is 5.95. The number of piperazine rings is 1. The Hall–Kier alpha value is -1.55. The molecule has 1 N–H and O–H groups in total. The van der Waals surface area contributed by atoms with Crippen LogP contribution in [0.2, 0.25) is 0 Å². The van der Waals surface area contributed by atoms with Gasteiger partial charge in [-0.25, -0.2) is 0 Å². The molecular formula is C13H19N3O. The number of aryl methyl sites for hydroxylation is 1. The van der Waals surface area contributed by atoms with E-state index in [-0.39, 0.29) is 0 Å². The van der Waals surface area contributed by atoms with Crippen molar-refractivity contribution in [2.75, 3.05) is 43.4 Å². The van der Waals surface area contributed by atoms with Crippen molar-refractivity contribution in [2.45, 2.75) is 6.92 Å². The summed E-state index contributed by atoms with van der Waals surface area (Å²) in [5, 5.41) is 2.68. The van der Waals surface area contributed by atoms with Gasteiger partial charge >= 0.3 is 0 Å². The topological polar surface area (TPSA) is 35.6 Å². The molecule has 1 saturated heterocycles. The fourth-order valence-corrected chi connectivity index (χ4v) is 2.22. The summed E-state index contributed by atoms with van der Waals surface area (Å²) in [7, 11) is 2.15. The van der Waals surface area contributed by atoms with Gasteiger partial charge in [0.2, 0.25) is 6.41 Å². The summed E-state index contributed by atoms with van der Waals surface area (Å²) < 4.78 is 0. The third kappa shape index (κ3) is 2.77. The van der Waals surface area contributed by atoms with E-state index in [4.69, 9.17) is 0 Å². The molecule has 0 radical (unpaired) electrons. The lowest BCUT2D eigenvalue weighted by molar-refractivity contribution is -0.105. The molecule has 1 aliphatic heterocycles. The molecule has 1 aromatic carbocycles. The Labute approximate surface area is 102 Å². The van der Waals surface area contributed by atoms with Gasteiger partial charge in [0.05, 0.1) is 0 Å². The molecule has 0 aliphatic carbocycles. The molecule has 0 aromatic heterocycles. The number of nitrogens with zero attached hydrogens (tertiary/aromatic N) is 2. The zero-order chi connectivity index (χ0) is 12.3. The maximum Gasteiger partial charge on any atom is 0.211 e. The number of hydrogen-bond acceptors (Lipinski definition) is 3. The second kappa shape index (κ2) is 5.19. The predicted octanol–water partition coefficient (Wildman–Crippen LogP) is 1.32. The van der Waals surface area contributed by atoms with E-state index in [1.54, 1.807) is 0 Å². The zero-order valence-corrected chi connectivity index (χ0v) is 10.4. The number of likely N-dealkylation sites (N-methyl/N-ethyl adjacent to an activating group) is 1. The van der Waals surface area contributed by atoms with Crippen LogP contribution in [0.3, 0.4) is 0 Å². The third-order valence-corrected chi connectivity index (χ3v) is 3.27. The number of anilines is 2. The van der Waals surface area contributed by atoms with E-state index in [1.807, 2.05) is 12.1 Å². The van der Waals surface area contributed by atoms with Crippen LogP contribution in [0.1, 0.15) is 5.56 Å². The summed E-state index contributed by atoms with van der Waals surface area (Å²) in [6, 6.07) is 6.06. The monoisotopic (exact) mass is 233 g/mol. The second-order valence-corrected chi connectivity index (χ2v) is 4.55. The van der Waals surface area contributed by atoms with Gasteiger partial charge in [0.15, 0.2) is 0 Å². The Balaban J connectivity index is 2.13. The minimum atomic E-state index is 0.713. The Bertz CT molecular complexity index is 398. The summed E-state index contributed by atoms with van der Waals surface area (Å²) in [5.41, 5.74) is 3.34. The first kappa shape index (κ1) is 11.9. The number of amides is 1. The summed E-state index contributed by atoms with van der Waals surface area (Å²) in [5.74, 6) is 0. The number of hydrogen-bond donors (Lipinski definition) is 1. The van der Waals surface area contributed by atoms with Crippen LogP contribution in [-0.4, -0.2) is 44.5 Å². The maximum absolute atomic E-state index is 10.4. The van der Waals surface area contributed by atoms with Crippen molar-refractivity contribution in [1.29, 1.82) is 0 Å². The van der Waals surface area contributed by atoms with E-state index in [0.29, 0.717) is 6.41 Å². The van der Waals surface area contributed by atoms with Crippen LogP contribution in [0.25, 0.3) is 0 Å². The smallest absolute Gasteiger partial charge is 0.211 e. The van der Waals surface area contributed by atoms with Gasteiger partial charge in [0, 0.05) is 37.6 Å². The van der Waals surface area contributed by atoms with Crippen LogP contribution < -0.4 is 10.2 Å². The van der Waals surface area contributed by atoms with Crippen molar-refractivity contribution in [3.63, 3.8) is 0 Å². The molecule has 1 aliphatic rings. The van der Waals surface area contributed by atoms with Crippen molar-refractivity contribution in [3.05, 3.63) is 23.8 Å². The Morgan fingerprint density at radius 1 is 1.24 bits per heavy atom. The average molecular weight is 233 g/mol. The van der Waals surface area contributed by atoms with E-state index in [1.165, 1.54) is 11.3 Å². The van der Waals surface area contributed by atoms with Crippen LogP contribution in [-0.2, 0) is 4.79 Å². The van der Waals surface area contributed by atoms with Gasteiger partial charge < -0.3 is 15.1 Å². The van der Waals surface area contributed by atoms with E-state index in [2.05, 4.69) is 35.2 Å². The molecule has 1 aromatic rings. The molecule has 0 atom stereocenters. The van der Waals surface area contributed by atoms with Crippen molar-refractivity contribution in [2.24, 2.45) is 0 Å². The van der Waals surface area contributed by atoms with E-state index >= 15 is 0 Å². The third-order valence-electron chi connectivity index (χ3n) is 3.27. The van der Waals surface area contributed by atoms with Crippen LogP contribution in [0.5, 0.6) is 0 Å². The SMILES string of the molecule is Cc1cc(NC=O)ccc1N1CCN(C)CC1. The van der Waals surface area contributed by atoms with Crippen LogP contribution in [0.4, 0.5) is 11.4 Å². The number of benzene rings is 1. The first-order valence-electron chi connectivity index (χ1n) is 5.95. The highest BCUT2D eigenvalue weighted by molar-refractivity contribution is 5.73. The summed E-state index contributed by atoms with van der Waals surface area (Å²) >= 11 is 0. The molecule has 0 spiro atoms. The molecule has 4 nitrogen and oxygen atoms in total. The molecule has 17 heavy (non-hydrogen) atoms. The predicted molar refractivity (Wildman–Crippen MR) is 70.6 cm³/mol. The number of carbonyl (C=O) groups is 1. The molecule has 2 rings (SSSR count). The number of rotatable bonds is 3. The Morgan fingerprint density at radius 2 is 1.94 bits per heavy atom. The maximum atomic E-state index is 10.4. The van der Waals surface area contributed by atoms with Gasteiger partial charge in [-0.1, -0.05) is 0 Å².